The molecular formula is C21H27N3O2. The van der Waals surface area contributed by atoms with Gasteiger partial charge in [0, 0.05) is 18.8 Å². The normalized spacial score (nSPS) is 17.1. The van der Waals surface area contributed by atoms with Gasteiger partial charge in [-0.15, -0.1) is 0 Å². The lowest BCUT2D eigenvalue weighted by Gasteiger charge is -2.22. The topological polar surface area (TPSA) is 66.3 Å². The van der Waals surface area contributed by atoms with E-state index >= 15 is 0 Å². The number of carboxylic acids is 1. The van der Waals surface area contributed by atoms with Crippen LogP contribution in [-0.4, -0.2) is 33.6 Å². The summed E-state index contributed by atoms with van der Waals surface area (Å²) in [6.45, 7) is 7.45. The fourth-order valence-electron chi connectivity index (χ4n) is 3.48. The van der Waals surface area contributed by atoms with Crippen molar-refractivity contribution in [2.45, 2.75) is 58.4 Å². The number of rotatable bonds is 6. The summed E-state index contributed by atoms with van der Waals surface area (Å²) in [6.07, 6.45) is 5.09. The first-order valence-corrected chi connectivity index (χ1v) is 9.40. The molecule has 1 aromatic heterocycles. The van der Waals surface area contributed by atoms with Crippen molar-refractivity contribution >= 4 is 11.9 Å². The van der Waals surface area contributed by atoms with E-state index in [9.17, 15) is 9.90 Å². The highest BCUT2D eigenvalue weighted by atomic mass is 16.4. The zero-order valence-corrected chi connectivity index (χ0v) is 15.8. The number of aryl methyl sites for hydroxylation is 2. The molecule has 0 aliphatic carbocycles. The monoisotopic (exact) mass is 353 g/mol. The first-order valence-electron chi connectivity index (χ1n) is 9.40. The third kappa shape index (κ3) is 4.03. The molecule has 1 aromatic carbocycles. The molecule has 0 spiro atoms. The average Bonchev–Trinajstić information content (AvgIpc) is 3.06. The number of anilines is 1. The molecule has 1 saturated heterocycles. The van der Waals surface area contributed by atoms with E-state index in [1.165, 1.54) is 17.3 Å². The Bertz CT molecular complexity index is 771. The van der Waals surface area contributed by atoms with Crippen LogP contribution < -0.4 is 4.90 Å². The maximum atomic E-state index is 11.6. The van der Waals surface area contributed by atoms with Crippen molar-refractivity contribution in [3.05, 3.63) is 52.8 Å². The van der Waals surface area contributed by atoms with Gasteiger partial charge in [-0.05, 0) is 49.7 Å². The van der Waals surface area contributed by atoms with Crippen LogP contribution in [0.3, 0.4) is 0 Å². The molecule has 0 radical (unpaired) electrons. The van der Waals surface area contributed by atoms with Gasteiger partial charge in [-0.3, -0.25) is 0 Å². The molecule has 0 amide bonds. The van der Waals surface area contributed by atoms with Gasteiger partial charge in [0.25, 0.3) is 0 Å². The Morgan fingerprint density at radius 1 is 1.27 bits per heavy atom. The SMILES string of the molecule is CC(C)c1ccc(CCc2nc(N3CCC[C@H]3C)ncc2C(=O)O)cc1. The number of hydrogen-bond donors (Lipinski definition) is 1. The van der Waals surface area contributed by atoms with E-state index in [-0.39, 0.29) is 5.56 Å². The van der Waals surface area contributed by atoms with Gasteiger partial charge in [-0.2, -0.15) is 0 Å². The van der Waals surface area contributed by atoms with Crippen molar-refractivity contribution in [3.8, 4) is 0 Å². The Labute approximate surface area is 155 Å². The standard InChI is InChI=1S/C21H27N3O2/c1-14(2)17-9-6-16(7-10-17)8-11-19-18(20(25)26)13-22-21(23-19)24-12-4-5-15(24)3/h6-7,9-10,13-15H,4-5,8,11-12H2,1-3H3,(H,25,26)/t15-/m1/s1. The van der Waals surface area contributed by atoms with Crippen LogP contribution in [0.2, 0.25) is 0 Å². The Hall–Kier alpha value is -2.43. The third-order valence-electron chi connectivity index (χ3n) is 5.19. The molecular weight excluding hydrogens is 326 g/mol. The molecule has 1 N–H and O–H groups in total. The second-order valence-electron chi connectivity index (χ2n) is 7.42. The first kappa shape index (κ1) is 18.4. The van der Waals surface area contributed by atoms with Crippen molar-refractivity contribution < 1.29 is 9.90 Å². The molecule has 138 valence electrons. The molecule has 2 aromatic rings. The van der Waals surface area contributed by atoms with Gasteiger partial charge in [-0.1, -0.05) is 38.1 Å². The zero-order chi connectivity index (χ0) is 18.7. The van der Waals surface area contributed by atoms with Crippen LogP contribution in [0.1, 0.15) is 66.7 Å². The fraction of sp³-hybridized carbons (Fsp3) is 0.476. The lowest BCUT2D eigenvalue weighted by molar-refractivity contribution is 0.0694. The summed E-state index contributed by atoms with van der Waals surface area (Å²) >= 11 is 0. The summed E-state index contributed by atoms with van der Waals surface area (Å²) < 4.78 is 0. The summed E-state index contributed by atoms with van der Waals surface area (Å²) in [5.41, 5.74) is 3.33. The van der Waals surface area contributed by atoms with Crippen LogP contribution in [0.4, 0.5) is 5.95 Å². The quantitative estimate of drug-likeness (QED) is 0.848. The van der Waals surface area contributed by atoms with Crippen LogP contribution in [0, 0.1) is 0 Å². The molecule has 3 rings (SSSR count). The molecule has 26 heavy (non-hydrogen) atoms. The number of carboxylic acid groups (broad SMARTS) is 1. The summed E-state index contributed by atoms with van der Waals surface area (Å²) in [7, 11) is 0. The van der Waals surface area contributed by atoms with Gasteiger partial charge in [-0.25, -0.2) is 14.8 Å². The fourth-order valence-corrected chi connectivity index (χ4v) is 3.48. The van der Waals surface area contributed by atoms with Crippen molar-refractivity contribution in [1.82, 2.24) is 9.97 Å². The van der Waals surface area contributed by atoms with Gasteiger partial charge in [0.15, 0.2) is 0 Å². The minimum atomic E-state index is -0.962. The number of aromatic carboxylic acids is 1. The molecule has 1 aliphatic rings. The van der Waals surface area contributed by atoms with Gasteiger partial charge < -0.3 is 10.0 Å². The lowest BCUT2D eigenvalue weighted by Crippen LogP contribution is -2.29. The van der Waals surface area contributed by atoms with E-state index in [0.717, 1.165) is 25.8 Å². The van der Waals surface area contributed by atoms with Gasteiger partial charge in [0.1, 0.15) is 0 Å². The Morgan fingerprint density at radius 2 is 2.00 bits per heavy atom. The zero-order valence-electron chi connectivity index (χ0n) is 15.8. The van der Waals surface area contributed by atoms with E-state index in [1.807, 2.05) is 0 Å². The molecule has 5 nitrogen and oxygen atoms in total. The van der Waals surface area contributed by atoms with Crippen molar-refractivity contribution in [3.63, 3.8) is 0 Å². The van der Waals surface area contributed by atoms with E-state index in [0.29, 0.717) is 30.0 Å². The van der Waals surface area contributed by atoms with Gasteiger partial charge >= 0.3 is 5.97 Å². The van der Waals surface area contributed by atoms with Crippen LogP contribution in [0.25, 0.3) is 0 Å². The highest BCUT2D eigenvalue weighted by Gasteiger charge is 2.24. The predicted molar refractivity (Wildman–Crippen MR) is 103 cm³/mol. The van der Waals surface area contributed by atoms with Crippen LogP contribution >= 0.6 is 0 Å². The second kappa shape index (κ2) is 7.85. The Balaban J connectivity index is 1.79. The summed E-state index contributed by atoms with van der Waals surface area (Å²) in [4.78, 5) is 22.7. The van der Waals surface area contributed by atoms with Crippen molar-refractivity contribution in [2.75, 3.05) is 11.4 Å². The van der Waals surface area contributed by atoms with Gasteiger partial charge in [0.2, 0.25) is 5.95 Å². The maximum absolute atomic E-state index is 11.6. The lowest BCUT2D eigenvalue weighted by atomic mass is 9.99. The molecule has 2 heterocycles. The van der Waals surface area contributed by atoms with E-state index in [1.54, 1.807) is 0 Å². The van der Waals surface area contributed by atoms with Crippen LogP contribution in [0.5, 0.6) is 0 Å². The molecule has 0 saturated carbocycles. The third-order valence-corrected chi connectivity index (χ3v) is 5.19. The first-order chi connectivity index (χ1) is 12.5. The van der Waals surface area contributed by atoms with Crippen molar-refractivity contribution in [1.29, 1.82) is 0 Å². The number of carbonyl (C=O) groups is 1. The molecule has 0 unspecified atom stereocenters. The molecule has 5 heteroatoms. The number of aromatic nitrogens is 2. The highest BCUT2D eigenvalue weighted by Crippen LogP contribution is 2.23. The Morgan fingerprint density at radius 3 is 2.58 bits per heavy atom. The molecule has 1 fully saturated rings. The van der Waals surface area contributed by atoms with E-state index in [4.69, 9.17) is 0 Å². The smallest absolute Gasteiger partial charge is 0.339 e. The minimum Gasteiger partial charge on any atom is -0.478 e. The van der Waals surface area contributed by atoms with Gasteiger partial charge in [0.05, 0.1) is 11.3 Å². The van der Waals surface area contributed by atoms with Crippen LogP contribution in [-0.2, 0) is 12.8 Å². The maximum Gasteiger partial charge on any atom is 0.339 e. The molecule has 1 atom stereocenters. The summed E-state index contributed by atoms with van der Waals surface area (Å²) in [5, 5.41) is 9.47. The van der Waals surface area contributed by atoms with E-state index in [2.05, 4.69) is 59.9 Å². The highest BCUT2D eigenvalue weighted by molar-refractivity contribution is 5.88. The summed E-state index contributed by atoms with van der Waals surface area (Å²) in [6, 6.07) is 8.95. The Kier molecular flexibility index (Phi) is 5.55. The van der Waals surface area contributed by atoms with E-state index < -0.39 is 5.97 Å². The number of nitrogens with zero attached hydrogens (tertiary/aromatic N) is 3. The average molecular weight is 353 g/mol. The van der Waals surface area contributed by atoms with Crippen LogP contribution in [0.15, 0.2) is 30.5 Å². The second-order valence-corrected chi connectivity index (χ2v) is 7.42. The molecule has 1 aliphatic heterocycles. The number of hydrogen-bond acceptors (Lipinski definition) is 4. The summed E-state index contributed by atoms with van der Waals surface area (Å²) in [5.74, 6) is 0.205. The van der Waals surface area contributed by atoms with Crippen molar-refractivity contribution in [2.24, 2.45) is 0 Å². The molecule has 0 bridgehead atoms. The predicted octanol–water partition coefficient (Wildman–Crippen LogP) is 4.07. The number of benzene rings is 1. The largest absolute Gasteiger partial charge is 0.478 e. The minimum absolute atomic E-state index is 0.208.